The first-order chi connectivity index (χ1) is 15.3. The van der Waals surface area contributed by atoms with Gasteiger partial charge in [0.05, 0.1) is 17.3 Å². The number of benzene rings is 3. The highest BCUT2D eigenvalue weighted by atomic mass is 19.3. The normalized spacial score (nSPS) is 11.5. The van der Waals surface area contributed by atoms with Crippen molar-refractivity contribution in [1.29, 1.82) is 0 Å². The molecule has 0 aliphatic rings. The molecule has 0 saturated heterocycles. The highest BCUT2D eigenvalue weighted by Gasteiger charge is 2.15. The summed E-state index contributed by atoms with van der Waals surface area (Å²) in [4.78, 5) is 24.2. The van der Waals surface area contributed by atoms with Crippen LogP contribution in [0.15, 0.2) is 72.8 Å². The second-order valence-electron chi connectivity index (χ2n) is 7.08. The summed E-state index contributed by atoms with van der Waals surface area (Å²) in [6, 6.07) is 19.9. The second kappa shape index (κ2) is 10.4. The van der Waals surface area contributed by atoms with Gasteiger partial charge in [-0.3, -0.25) is 9.59 Å². The monoisotopic (exact) mass is 439 g/mol. The van der Waals surface area contributed by atoms with Crippen molar-refractivity contribution >= 4 is 28.9 Å². The molecule has 0 saturated carbocycles. The molecule has 0 spiro atoms. The Hall–Kier alpha value is -3.94. The van der Waals surface area contributed by atoms with Crippen molar-refractivity contribution in [2.45, 2.75) is 26.5 Å². The molecule has 0 fully saturated rings. The Morgan fingerprint density at radius 3 is 2.31 bits per heavy atom. The van der Waals surface area contributed by atoms with Crippen LogP contribution in [-0.4, -0.2) is 18.4 Å². The molecule has 0 bridgehead atoms. The maximum atomic E-state index is 13.0. The number of halogens is 2. The molecule has 0 aliphatic heterocycles. The predicted molar refractivity (Wildman–Crippen MR) is 119 cm³/mol. The van der Waals surface area contributed by atoms with E-state index in [9.17, 15) is 18.4 Å². The molecule has 0 radical (unpaired) electrons. The molecule has 2 amide bonds. The van der Waals surface area contributed by atoms with Crippen LogP contribution in [-0.2, 0) is 4.79 Å². The van der Waals surface area contributed by atoms with Crippen LogP contribution in [0, 0.1) is 0 Å². The first kappa shape index (κ1) is 22.7. The van der Waals surface area contributed by atoms with Crippen molar-refractivity contribution in [3.63, 3.8) is 0 Å². The minimum atomic E-state index is -2.89. The van der Waals surface area contributed by atoms with Crippen LogP contribution in [0.4, 0.5) is 25.8 Å². The van der Waals surface area contributed by atoms with E-state index in [1.807, 2.05) is 13.0 Å². The maximum Gasteiger partial charge on any atom is 0.387 e. The topological polar surface area (TPSA) is 79.5 Å². The summed E-state index contributed by atoms with van der Waals surface area (Å²) in [5.74, 6) is -0.414. The molecule has 8 heteroatoms. The van der Waals surface area contributed by atoms with Gasteiger partial charge in [0.1, 0.15) is 5.75 Å². The number of ether oxygens (including phenoxy) is 1. The van der Waals surface area contributed by atoms with Gasteiger partial charge in [-0.25, -0.2) is 0 Å². The van der Waals surface area contributed by atoms with E-state index >= 15 is 0 Å². The van der Waals surface area contributed by atoms with E-state index in [0.29, 0.717) is 22.6 Å². The Morgan fingerprint density at radius 2 is 1.62 bits per heavy atom. The van der Waals surface area contributed by atoms with Crippen molar-refractivity contribution < 1.29 is 23.1 Å². The third kappa shape index (κ3) is 6.28. The lowest BCUT2D eigenvalue weighted by molar-refractivity contribution is -0.114. The van der Waals surface area contributed by atoms with Gasteiger partial charge < -0.3 is 20.7 Å². The van der Waals surface area contributed by atoms with E-state index < -0.39 is 6.61 Å². The van der Waals surface area contributed by atoms with Crippen LogP contribution < -0.4 is 20.7 Å². The van der Waals surface area contributed by atoms with Crippen molar-refractivity contribution in [2.75, 3.05) is 10.6 Å². The fraction of sp³-hybridized carbons (Fsp3) is 0.167. The van der Waals surface area contributed by atoms with Crippen LogP contribution in [0.1, 0.15) is 35.8 Å². The number of carbonyl (C=O) groups is 2. The average molecular weight is 439 g/mol. The Bertz CT molecular complexity index is 1090. The van der Waals surface area contributed by atoms with E-state index in [0.717, 1.165) is 5.56 Å². The molecule has 32 heavy (non-hydrogen) atoms. The summed E-state index contributed by atoms with van der Waals surface area (Å²) in [7, 11) is 0. The minimum absolute atomic E-state index is 0.0481. The molecular weight excluding hydrogens is 416 g/mol. The number of carbonyl (C=O) groups excluding carboxylic acids is 2. The number of hydrogen-bond acceptors (Lipinski definition) is 4. The fourth-order valence-electron chi connectivity index (χ4n) is 3.11. The molecular formula is C24H23F2N3O3. The second-order valence-corrected chi connectivity index (χ2v) is 7.08. The largest absolute Gasteiger partial charge is 0.435 e. The Labute approximate surface area is 184 Å². The molecule has 3 rings (SSSR count). The Kier molecular flexibility index (Phi) is 7.38. The lowest BCUT2D eigenvalue weighted by Crippen LogP contribution is -2.27. The van der Waals surface area contributed by atoms with Crippen molar-refractivity contribution in [3.05, 3.63) is 83.9 Å². The van der Waals surface area contributed by atoms with Crippen molar-refractivity contribution in [1.82, 2.24) is 5.32 Å². The summed E-state index contributed by atoms with van der Waals surface area (Å²) in [5, 5.41) is 8.80. The van der Waals surface area contributed by atoms with Gasteiger partial charge >= 0.3 is 6.61 Å². The van der Waals surface area contributed by atoms with Crippen LogP contribution in [0.2, 0.25) is 0 Å². The van der Waals surface area contributed by atoms with Crippen molar-refractivity contribution in [2.24, 2.45) is 0 Å². The van der Waals surface area contributed by atoms with Gasteiger partial charge in [0.15, 0.2) is 0 Å². The maximum absolute atomic E-state index is 13.0. The van der Waals surface area contributed by atoms with E-state index in [4.69, 9.17) is 0 Å². The van der Waals surface area contributed by atoms with Crippen LogP contribution >= 0.6 is 0 Å². The Morgan fingerprint density at radius 1 is 0.906 bits per heavy atom. The van der Waals surface area contributed by atoms with Gasteiger partial charge in [0.25, 0.3) is 5.91 Å². The molecule has 166 valence electrons. The van der Waals surface area contributed by atoms with Gasteiger partial charge in [0, 0.05) is 18.3 Å². The van der Waals surface area contributed by atoms with Gasteiger partial charge in [-0.15, -0.1) is 0 Å². The summed E-state index contributed by atoms with van der Waals surface area (Å²) in [5.41, 5.74) is 3.09. The van der Waals surface area contributed by atoms with Gasteiger partial charge in [-0.1, -0.05) is 24.3 Å². The van der Waals surface area contributed by atoms with Gasteiger partial charge in [-0.2, -0.15) is 8.78 Å². The molecule has 3 aromatic carbocycles. The Balaban J connectivity index is 1.72. The van der Waals surface area contributed by atoms with E-state index in [-0.39, 0.29) is 23.6 Å². The number of para-hydroxylation sites is 1. The number of rotatable bonds is 8. The molecule has 0 aromatic heterocycles. The average Bonchev–Trinajstić information content (AvgIpc) is 2.75. The van der Waals surface area contributed by atoms with Crippen LogP contribution in [0.5, 0.6) is 5.75 Å². The fourth-order valence-corrected chi connectivity index (χ4v) is 3.11. The number of hydrogen-bond donors (Lipinski definition) is 3. The zero-order valence-electron chi connectivity index (χ0n) is 17.6. The highest BCUT2D eigenvalue weighted by Crippen LogP contribution is 2.25. The first-order valence-corrected chi connectivity index (χ1v) is 9.91. The third-order valence-electron chi connectivity index (χ3n) is 4.58. The third-order valence-corrected chi connectivity index (χ3v) is 4.58. The summed E-state index contributed by atoms with van der Waals surface area (Å²) < 4.78 is 29.0. The van der Waals surface area contributed by atoms with Crippen molar-refractivity contribution in [3.8, 4) is 5.75 Å². The number of alkyl halides is 2. The molecule has 0 aliphatic carbocycles. The highest BCUT2D eigenvalue weighted by molar-refractivity contribution is 6.00. The summed E-state index contributed by atoms with van der Waals surface area (Å²) in [6.07, 6.45) is 0. The van der Waals surface area contributed by atoms with Gasteiger partial charge in [-0.05, 0) is 61.0 Å². The molecule has 0 heterocycles. The van der Waals surface area contributed by atoms with Gasteiger partial charge in [0.2, 0.25) is 5.91 Å². The van der Waals surface area contributed by atoms with E-state index in [2.05, 4.69) is 20.7 Å². The zero-order chi connectivity index (χ0) is 23.1. The smallest absolute Gasteiger partial charge is 0.387 e. The number of nitrogens with one attached hydrogen (secondary N) is 3. The molecule has 1 atom stereocenters. The van der Waals surface area contributed by atoms with E-state index in [1.165, 1.54) is 19.1 Å². The molecule has 6 nitrogen and oxygen atoms in total. The van der Waals surface area contributed by atoms with E-state index in [1.54, 1.807) is 54.6 Å². The predicted octanol–water partition coefficient (Wildman–Crippen LogP) is 5.48. The summed E-state index contributed by atoms with van der Waals surface area (Å²) >= 11 is 0. The standard InChI is InChI=1S/C24H23F2N3O3/c1-15(17-6-5-7-19(14-17)28-16(2)30)27-23(31)21-8-3-4-9-22(21)29-18-10-12-20(13-11-18)32-24(25)26/h3-15,24,29H,1-2H3,(H,27,31)(H,28,30). The quantitative estimate of drug-likeness (QED) is 0.434. The molecule has 1 unspecified atom stereocenters. The minimum Gasteiger partial charge on any atom is -0.435 e. The lowest BCUT2D eigenvalue weighted by atomic mass is 10.1. The lowest BCUT2D eigenvalue weighted by Gasteiger charge is -2.18. The molecule has 3 aromatic rings. The van der Waals surface area contributed by atoms with Crippen LogP contribution in [0.3, 0.4) is 0 Å². The number of anilines is 3. The zero-order valence-corrected chi connectivity index (χ0v) is 17.6. The summed E-state index contributed by atoms with van der Waals surface area (Å²) in [6.45, 7) is 0.392. The molecule has 3 N–H and O–H groups in total. The SMILES string of the molecule is CC(=O)Nc1cccc(C(C)NC(=O)c2ccccc2Nc2ccc(OC(F)F)cc2)c1. The number of amides is 2. The van der Waals surface area contributed by atoms with Crippen LogP contribution in [0.25, 0.3) is 0 Å². The first-order valence-electron chi connectivity index (χ1n) is 9.91.